The van der Waals surface area contributed by atoms with Gasteiger partial charge in [-0.3, -0.25) is 4.98 Å². The molecule has 0 saturated carbocycles. The number of pyridine rings is 1. The van der Waals surface area contributed by atoms with Crippen molar-refractivity contribution < 1.29 is 9.53 Å². The van der Waals surface area contributed by atoms with Crippen molar-refractivity contribution in [2.75, 3.05) is 14.1 Å². The number of carbonyl (C=O) groups is 1. The van der Waals surface area contributed by atoms with Crippen LogP contribution in [0, 0.1) is 6.92 Å². The van der Waals surface area contributed by atoms with Crippen LogP contribution in [0.1, 0.15) is 11.3 Å². The zero-order chi connectivity index (χ0) is 16.1. The molecule has 1 amide bonds. The first-order valence-corrected chi connectivity index (χ1v) is 6.81. The van der Waals surface area contributed by atoms with Gasteiger partial charge in [-0.2, -0.15) is 4.98 Å². The largest absolute Gasteiger partial charge is 0.416 e. The third-order valence-corrected chi connectivity index (χ3v) is 3.01. The van der Waals surface area contributed by atoms with Crippen LogP contribution in [-0.4, -0.2) is 40.0 Å². The van der Waals surface area contributed by atoms with Crippen LogP contribution in [-0.2, 0) is 6.42 Å². The topological polar surface area (TPSA) is 68.2 Å². The minimum atomic E-state index is -0.482. The number of carbonyl (C=O) groups excluding carboxylic acids is 1. The summed E-state index contributed by atoms with van der Waals surface area (Å²) in [4.78, 5) is 26.0. The first-order valence-electron chi connectivity index (χ1n) is 6.81. The molecule has 0 aliphatic heterocycles. The van der Waals surface area contributed by atoms with Gasteiger partial charge in [0.15, 0.2) is 5.82 Å². The van der Waals surface area contributed by atoms with Crippen molar-refractivity contribution in [1.82, 2.24) is 19.9 Å². The van der Waals surface area contributed by atoms with E-state index in [0.717, 1.165) is 16.8 Å². The fourth-order valence-corrected chi connectivity index (χ4v) is 1.84. The summed E-state index contributed by atoms with van der Waals surface area (Å²) in [6, 6.07) is 3.61. The lowest BCUT2D eigenvalue weighted by Gasteiger charge is -2.14. The third kappa shape index (κ3) is 3.46. The first kappa shape index (κ1) is 15.6. The number of hydrogen-bond acceptors (Lipinski definition) is 5. The van der Waals surface area contributed by atoms with Crippen molar-refractivity contribution in [2.45, 2.75) is 13.3 Å². The van der Waals surface area contributed by atoms with Crippen LogP contribution in [0.2, 0.25) is 0 Å². The van der Waals surface area contributed by atoms with Crippen molar-refractivity contribution in [3.63, 3.8) is 0 Å². The number of allylic oxidation sites excluding steroid dienone is 1. The van der Waals surface area contributed by atoms with Gasteiger partial charge < -0.3 is 9.64 Å². The highest BCUT2D eigenvalue weighted by molar-refractivity contribution is 5.70. The molecule has 0 aliphatic rings. The van der Waals surface area contributed by atoms with Crippen molar-refractivity contribution >= 4 is 6.09 Å². The second-order valence-corrected chi connectivity index (χ2v) is 4.91. The normalized spacial score (nSPS) is 10.1. The third-order valence-electron chi connectivity index (χ3n) is 3.01. The van der Waals surface area contributed by atoms with Gasteiger partial charge in [0.1, 0.15) is 0 Å². The van der Waals surface area contributed by atoms with Crippen molar-refractivity contribution in [3.05, 3.63) is 48.4 Å². The van der Waals surface area contributed by atoms with Crippen LogP contribution < -0.4 is 4.74 Å². The van der Waals surface area contributed by atoms with E-state index in [-0.39, 0.29) is 5.88 Å². The Kier molecular flexibility index (Phi) is 4.83. The Bertz CT molecular complexity index is 684. The van der Waals surface area contributed by atoms with E-state index in [2.05, 4.69) is 21.5 Å². The van der Waals surface area contributed by atoms with Gasteiger partial charge in [-0.25, -0.2) is 9.78 Å². The summed E-state index contributed by atoms with van der Waals surface area (Å²) >= 11 is 0. The number of aryl methyl sites for hydroxylation is 1. The van der Waals surface area contributed by atoms with Crippen LogP contribution in [0.3, 0.4) is 0 Å². The molecule has 0 atom stereocenters. The molecule has 22 heavy (non-hydrogen) atoms. The molecular weight excluding hydrogens is 280 g/mol. The summed E-state index contributed by atoms with van der Waals surface area (Å²) < 4.78 is 5.37. The summed E-state index contributed by atoms with van der Waals surface area (Å²) in [5, 5.41) is 0. The fraction of sp³-hybridized carbons (Fsp3) is 0.250. The lowest BCUT2D eigenvalue weighted by Crippen LogP contribution is -2.26. The van der Waals surface area contributed by atoms with E-state index >= 15 is 0 Å². The van der Waals surface area contributed by atoms with E-state index in [1.54, 1.807) is 44.7 Å². The van der Waals surface area contributed by atoms with E-state index in [0.29, 0.717) is 12.2 Å². The molecule has 0 bridgehead atoms. The molecule has 2 rings (SSSR count). The molecule has 0 radical (unpaired) electrons. The van der Waals surface area contributed by atoms with Crippen LogP contribution >= 0.6 is 0 Å². The Morgan fingerprint density at radius 1 is 1.32 bits per heavy atom. The number of nitrogens with zero attached hydrogens (tertiary/aromatic N) is 4. The van der Waals surface area contributed by atoms with E-state index in [9.17, 15) is 4.79 Å². The fourth-order valence-electron chi connectivity index (χ4n) is 1.84. The van der Waals surface area contributed by atoms with Crippen molar-refractivity contribution in [2.24, 2.45) is 0 Å². The summed E-state index contributed by atoms with van der Waals surface area (Å²) in [6.45, 7) is 5.58. The molecule has 6 heteroatoms. The second-order valence-electron chi connectivity index (χ2n) is 4.91. The Morgan fingerprint density at radius 2 is 2.00 bits per heavy atom. The van der Waals surface area contributed by atoms with Crippen LogP contribution in [0.15, 0.2) is 37.2 Å². The summed E-state index contributed by atoms with van der Waals surface area (Å²) in [5.74, 6) is 0.757. The maximum absolute atomic E-state index is 11.8. The first-order chi connectivity index (χ1) is 10.5. The molecule has 0 aliphatic carbocycles. The molecule has 0 aromatic carbocycles. The van der Waals surface area contributed by atoms with E-state index < -0.39 is 6.09 Å². The lowest BCUT2D eigenvalue weighted by molar-refractivity contribution is 0.169. The average molecular weight is 298 g/mol. The molecule has 0 spiro atoms. The molecule has 2 aromatic heterocycles. The SMILES string of the molecule is C=CCc1c(C)nc(-c2ccncc2)nc1OC(=O)N(C)C. The summed E-state index contributed by atoms with van der Waals surface area (Å²) in [5.41, 5.74) is 2.32. The average Bonchev–Trinajstić information content (AvgIpc) is 2.51. The molecule has 2 heterocycles. The molecule has 0 fully saturated rings. The quantitative estimate of drug-likeness (QED) is 0.812. The number of ether oxygens (including phenoxy) is 1. The van der Waals surface area contributed by atoms with Gasteiger partial charge in [-0.1, -0.05) is 6.08 Å². The van der Waals surface area contributed by atoms with Crippen LogP contribution in [0.5, 0.6) is 5.88 Å². The zero-order valence-corrected chi connectivity index (χ0v) is 12.9. The Morgan fingerprint density at radius 3 is 2.59 bits per heavy atom. The van der Waals surface area contributed by atoms with Gasteiger partial charge in [-0.15, -0.1) is 6.58 Å². The van der Waals surface area contributed by atoms with Gasteiger partial charge in [-0.05, 0) is 25.5 Å². The minimum absolute atomic E-state index is 0.262. The maximum atomic E-state index is 11.8. The van der Waals surface area contributed by atoms with E-state index in [1.807, 2.05) is 6.92 Å². The van der Waals surface area contributed by atoms with Crippen molar-refractivity contribution in [1.29, 1.82) is 0 Å². The highest BCUT2D eigenvalue weighted by Gasteiger charge is 2.17. The number of hydrogen-bond donors (Lipinski definition) is 0. The second kappa shape index (κ2) is 6.80. The molecule has 6 nitrogen and oxygen atoms in total. The standard InChI is InChI=1S/C16H18N4O2/c1-5-6-13-11(2)18-14(12-7-9-17-10-8-12)19-15(13)22-16(21)20(3)4/h5,7-10H,1,6H2,2-4H3. The summed E-state index contributed by atoms with van der Waals surface area (Å²) in [6.07, 6.45) is 5.10. The lowest BCUT2D eigenvalue weighted by atomic mass is 10.1. The molecule has 0 N–H and O–H groups in total. The van der Waals surface area contributed by atoms with Gasteiger partial charge in [0.2, 0.25) is 5.88 Å². The number of rotatable bonds is 4. The molecule has 114 valence electrons. The highest BCUT2D eigenvalue weighted by Crippen LogP contribution is 2.24. The molecular formula is C16H18N4O2. The van der Waals surface area contributed by atoms with Gasteiger partial charge in [0, 0.05) is 43.3 Å². The molecule has 0 unspecified atom stereocenters. The maximum Gasteiger partial charge on any atom is 0.416 e. The smallest absolute Gasteiger partial charge is 0.391 e. The van der Waals surface area contributed by atoms with Crippen LogP contribution in [0.4, 0.5) is 4.79 Å². The number of amides is 1. The monoisotopic (exact) mass is 298 g/mol. The van der Waals surface area contributed by atoms with Gasteiger partial charge in [0.05, 0.1) is 0 Å². The Balaban J connectivity index is 2.49. The van der Waals surface area contributed by atoms with Crippen molar-refractivity contribution in [3.8, 4) is 17.3 Å². The molecule has 0 saturated heterocycles. The van der Waals surface area contributed by atoms with Gasteiger partial charge in [0.25, 0.3) is 0 Å². The zero-order valence-electron chi connectivity index (χ0n) is 12.9. The Labute approximate surface area is 129 Å². The predicted molar refractivity (Wildman–Crippen MR) is 83.6 cm³/mol. The van der Waals surface area contributed by atoms with Crippen LogP contribution in [0.25, 0.3) is 11.4 Å². The number of aromatic nitrogens is 3. The van der Waals surface area contributed by atoms with E-state index in [4.69, 9.17) is 4.74 Å². The summed E-state index contributed by atoms with van der Waals surface area (Å²) in [7, 11) is 3.24. The predicted octanol–water partition coefficient (Wildman–Crippen LogP) is 2.64. The highest BCUT2D eigenvalue weighted by atomic mass is 16.6. The van der Waals surface area contributed by atoms with Gasteiger partial charge >= 0.3 is 6.09 Å². The van der Waals surface area contributed by atoms with E-state index in [1.165, 1.54) is 4.90 Å². The molecule has 2 aromatic rings. The Hall–Kier alpha value is -2.76. The minimum Gasteiger partial charge on any atom is -0.391 e.